The van der Waals surface area contributed by atoms with Crippen LogP contribution >= 0.6 is 27.5 Å². The van der Waals surface area contributed by atoms with Gasteiger partial charge in [-0.05, 0) is 52.3 Å². The van der Waals surface area contributed by atoms with Crippen LogP contribution in [0.1, 0.15) is 45.8 Å². The van der Waals surface area contributed by atoms with Crippen LogP contribution in [-0.4, -0.2) is 16.3 Å². The van der Waals surface area contributed by atoms with Crippen LogP contribution in [0.2, 0.25) is 5.02 Å². The maximum atomic E-state index is 10.7. The molecule has 0 amide bonds. The highest BCUT2D eigenvalue weighted by Crippen LogP contribution is 2.48. The molecule has 1 aromatic carbocycles. The van der Waals surface area contributed by atoms with Gasteiger partial charge >= 0.3 is 0 Å². The Morgan fingerprint density at radius 1 is 1.37 bits per heavy atom. The van der Waals surface area contributed by atoms with Crippen LogP contribution in [-0.2, 0) is 4.74 Å². The van der Waals surface area contributed by atoms with Crippen molar-refractivity contribution in [1.29, 1.82) is 0 Å². The Kier molecular flexibility index (Phi) is 4.05. The van der Waals surface area contributed by atoms with E-state index in [1.165, 1.54) is 0 Å². The van der Waals surface area contributed by atoms with Crippen molar-refractivity contribution in [2.24, 2.45) is 5.92 Å². The number of rotatable bonds is 2. The molecule has 0 spiro atoms. The normalized spacial score (nSPS) is 26.4. The second-order valence-electron chi connectivity index (χ2n) is 6.39. The van der Waals surface area contributed by atoms with E-state index in [1.807, 2.05) is 26.0 Å². The minimum atomic E-state index is -0.623. The summed E-state index contributed by atoms with van der Waals surface area (Å²) in [4.78, 5) is 0. The molecule has 0 radical (unpaired) electrons. The Hall–Kier alpha value is -0.0900. The molecule has 0 bridgehead atoms. The van der Waals surface area contributed by atoms with Crippen molar-refractivity contribution in [2.75, 3.05) is 0 Å². The summed E-state index contributed by atoms with van der Waals surface area (Å²) in [5.74, 6) is 0.0225. The van der Waals surface area contributed by atoms with Crippen LogP contribution in [0.25, 0.3) is 0 Å². The average molecular weight is 348 g/mol. The maximum absolute atomic E-state index is 10.7. The van der Waals surface area contributed by atoms with Gasteiger partial charge in [-0.25, -0.2) is 0 Å². The highest BCUT2D eigenvalue weighted by Gasteiger charge is 2.49. The summed E-state index contributed by atoms with van der Waals surface area (Å²) in [6, 6.07) is 5.56. The summed E-state index contributed by atoms with van der Waals surface area (Å²) in [6.45, 7) is 8.18. The van der Waals surface area contributed by atoms with E-state index < -0.39 is 6.10 Å². The number of aliphatic hydroxyl groups is 1. The molecule has 2 atom stereocenters. The molecule has 1 heterocycles. The summed E-state index contributed by atoms with van der Waals surface area (Å²) in [7, 11) is 0. The summed E-state index contributed by atoms with van der Waals surface area (Å²) < 4.78 is 6.97. The Bertz CT molecular complexity index is 485. The van der Waals surface area contributed by atoms with Crippen molar-refractivity contribution in [3.63, 3.8) is 0 Å². The number of ether oxygens (including phenoxy) is 1. The minimum Gasteiger partial charge on any atom is -0.388 e. The standard InChI is InChI=1S/C15H20BrClO2/c1-14(2)8-11(15(3,4)19-14)13(18)10-7-9(16)5-6-12(10)17/h5-7,11,13,18H,8H2,1-4H3. The zero-order valence-electron chi connectivity index (χ0n) is 11.7. The molecule has 19 heavy (non-hydrogen) atoms. The number of hydrogen-bond donors (Lipinski definition) is 1. The molecule has 1 aromatic rings. The van der Waals surface area contributed by atoms with E-state index in [2.05, 4.69) is 29.8 Å². The molecule has 1 aliphatic heterocycles. The molecule has 0 saturated carbocycles. The van der Waals surface area contributed by atoms with E-state index in [0.29, 0.717) is 5.02 Å². The SMILES string of the molecule is CC1(C)CC(C(O)c2cc(Br)ccc2Cl)C(C)(C)O1. The summed E-state index contributed by atoms with van der Waals surface area (Å²) in [5, 5.41) is 11.3. The van der Waals surface area contributed by atoms with Gasteiger partial charge in [0, 0.05) is 21.0 Å². The first kappa shape index (κ1) is 15.3. The van der Waals surface area contributed by atoms with E-state index in [1.54, 1.807) is 6.07 Å². The average Bonchev–Trinajstić information content (AvgIpc) is 2.49. The molecule has 2 rings (SSSR count). The monoisotopic (exact) mass is 346 g/mol. The number of aliphatic hydroxyl groups excluding tert-OH is 1. The highest BCUT2D eigenvalue weighted by molar-refractivity contribution is 9.10. The molecule has 0 aliphatic carbocycles. The largest absolute Gasteiger partial charge is 0.388 e. The predicted molar refractivity (Wildman–Crippen MR) is 81.5 cm³/mol. The predicted octanol–water partition coefficient (Wildman–Crippen LogP) is 4.73. The van der Waals surface area contributed by atoms with Gasteiger partial charge in [-0.1, -0.05) is 27.5 Å². The van der Waals surface area contributed by atoms with Gasteiger partial charge in [-0.15, -0.1) is 0 Å². The van der Waals surface area contributed by atoms with Crippen molar-refractivity contribution >= 4 is 27.5 Å². The first-order chi connectivity index (χ1) is 8.62. The van der Waals surface area contributed by atoms with Crippen molar-refractivity contribution in [3.8, 4) is 0 Å². The minimum absolute atomic E-state index is 0.0225. The van der Waals surface area contributed by atoms with Crippen molar-refractivity contribution in [2.45, 2.75) is 51.4 Å². The third-order valence-corrected chi connectivity index (χ3v) is 4.64. The molecule has 0 aromatic heterocycles. The number of benzene rings is 1. The fourth-order valence-corrected chi connectivity index (χ4v) is 3.66. The maximum Gasteiger partial charge on any atom is 0.0861 e. The quantitative estimate of drug-likeness (QED) is 0.838. The molecule has 4 heteroatoms. The van der Waals surface area contributed by atoms with Crippen molar-refractivity contribution in [3.05, 3.63) is 33.3 Å². The summed E-state index contributed by atoms with van der Waals surface area (Å²) >= 11 is 9.64. The second-order valence-corrected chi connectivity index (χ2v) is 7.71. The van der Waals surface area contributed by atoms with E-state index in [-0.39, 0.29) is 17.1 Å². The molecule has 106 valence electrons. The first-order valence-electron chi connectivity index (χ1n) is 6.45. The molecule has 1 saturated heterocycles. The van der Waals surface area contributed by atoms with Gasteiger partial charge in [-0.3, -0.25) is 0 Å². The van der Waals surface area contributed by atoms with E-state index in [9.17, 15) is 5.11 Å². The third-order valence-electron chi connectivity index (χ3n) is 3.80. The Morgan fingerprint density at radius 2 is 2.00 bits per heavy atom. The third kappa shape index (κ3) is 3.15. The molecule has 1 N–H and O–H groups in total. The van der Waals surface area contributed by atoms with Gasteiger partial charge in [0.05, 0.1) is 17.3 Å². The van der Waals surface area contributed by atoms with Gasteiger partial charge in [0.2, 0.25) is 0 Å². The number of halogens is 2. The van der Waals surface area contributed by atoms with Gasteiger partial charge < -0.3 is 9.84 Å². The lowest BCUT2D eigenvalue weighted by molar-refractivity contribution is -0.0880. The zero-order valence-corrected chi connectivity index (χ0v) is 14.0. The van der Waals surface area contributed by atoms with Crippen LogP contribution in [0.4, 0.5) is 0 Å². The molecule has 1 fully saturated rings. The lowest BCUT2D eigenvalue weighted by atomic mass is 9.80. The van der Waals surface area contributed by atoms with Gasteiger partial charge in [0.25, 0.3) is 0 Å². The van der Waals surface area contributed by atoms with Gasteiger partial charge in [0.1, 0.15) is 0 Å². The molecule has 2 nitrogen and oxygen atoms in total. The zero-order chi connectivity index (χ0) is 14.4. The Balaban J connectivity index is 2.34. The molecular formula is C15H20BrClO2. The van der Waals surface area contributed by atoms with Crippen molar-refractivity contribution < 1.29 is 9.84 Å². The molecule has 2 unspecified atom stereocenters. The van der Waals surface area contributed by atoms with E-state index >= 15 is 0 Å². The van der Waals surface area contributed by atoms with Gasteiger partial charge in [0.15, 0.2) is 0 Å². The number of hydrogen-bond acceptors (Lipinski definition) is 2. The topological polar surface area (TPSA) is 29.5 Å². The fraction of sp³-hybridized carbons (Fsp3) is 0.600. The Labute approximate surface area is 128 Å². The van der Waals surface area contributed by atoms with Crippen LogP contribution in [0.5, 0.6) is 0 Å². The summed E-state index contributed by atoms with van der Waals surface area (Å²) in [5.41, 5.74) is 0.178. The molecule has 1 aliphatic rings. The first-order valence-corrected chi connectivity index (χ1v) is 7.63. The Morgan fingerprint density at radius 3 is 2.53 bits per heavy atom. The lowest BCUT2D eigenvalue weighted by Gasteiger charge is -2.30. The smallest absolute Gasteiger partial charge is 0.0861 e. The van der Waals surface area contributed by atoms with E-state index in [4.69, 9.17) is 16.3 Å². The van der Waals surface area contributed by atoms with E-state index in [0.717, 1.165) is 16.5 Å². The van der Waals surface area contributed by atoms with Gasteiger partial charge in [-0.2, -0.15) is 0 Å². The van der Waals surface area contributed by atoms with Crippen LogP contribution in [0.15, 0.2) is 22.7 Å². The van der Waals surface area contributed by atoms with Crippen LogP contribution < -0.4 is 0 Å². The highest BCUT2D eigenvalue weighted by atomic mass is 79.9. The second kappa shape index (κ2) is 5.03. The van der Waals surface area contributed by atoms with Crippen molar-refractivity contribution in [1.82, 2.24) is 0 Å². The summed E-state index contributed by atoms with van der Waals surface area (Å²) in [6.07, 6.45) is 0.186. The lowest BCUT2D eigenvalue weighted by Crippen LogP contribution is -2.32. The van der Waals surface area contributed by atoms with Crippen LogP contribution in [0, 0.1) is 5.92 Å². The molecular weight excluding hydrogens is 328 g/mol. The van der Waals surface area contributed by atoms with Crippen LogP contribution in [0.3, 0.4) is 0 Å². The fourth-order valence-electron chi connectivity index (χ4n) is 3.05.